The maximum Gasteiger partial charge on any atom is 0.416 e. The van der Waals surface area contributed by atoms with Crippen molar-refractivity contribution in [2.45, 2.75) is 57.4 Å². The number of nitrogens with one attached hydrogen (secondary N) is 1. The molecule has 10 heteroatoms. The van der Waals surface area contributed by atoms with Gasteiger partial charge in [0.25, 0.3) is 5.91 Å². The first-order valence-electron chi connectivity index (χ1n) is 15.6. The van der Waals surface area contributed by atoms with Crippen molar-refractivity contribution in [3.8, 4) is 17.1 Å². The van der Waals surface area contributed by atoms with Gasteiger partial charge in [-0.1, -0.05) is 48.9 Å². The third-order valence-corrected chi connectivity index (χ3v) is 8.95. The predicted octanol–water partition coefficient (Wildman–Crippen LogP) is 6.70. The van der Waals surface area contributed by atoms with E-state index in [2.05, 4.69) is 20.1 Å². The van der Waals surface area contributed by atoms with E-state index in [1.165, 1.54) is 32.4 Å². The number of halogens is 3. The van der Waals surface area contributed by atoms with Crippen molar-refractivity contribution in [2.75, 3.05) is 33.3 Å². The van der Waals surface area contributed by atoms with Crippen LogP contribution in [0.5, 0.6) is 5.88 Å². The number of carbonyl (C=O) groups excluding carboxylic acids is 1. The maximum atomic E-state index is 14.1. The van der Waals surface area contributed by atoms with Gasteiger partial charge in [-0.15, -0.1) is 0 Å². The van der Waals surface area contributed by atoms with Gasteiger partial charge in [0.1, 0.15) is 5.52 Å². The van der Waals surface area contributed by atoms with Gasteiger partial charge in [0, 0.05) is 36.3 Å². The Hall–Kier alpha value is -4.02. The van der Waals surface area contributed by atoms with E-state index in [1.54, 1.807) is 18.2 Å². The summed E-state index contributed by atoms with van der Waals surface area (Å²) in [5.74, 6) is -0.0417. The molecule has 2 saturated heterocycles. The average Bonchev–Trinajstić information content (AvgIpc) is 3.07. The van der Waals surface area contributed by atoms with E-state index >= 15 is 0 Å². The lowest BCUT2D eigenvalue weighted by Crippen LogP contribution is -2.46. The number of rotatable bonds is 8. The van der Waals surface area contributed by atoms with Gasteiger partial charge in [-0.25, -0.2) is 9.97 Å². The summed E-state index contributed by atoms with van der Waals surface area (Å²) in [7, 11) is 1.50. The van der Waals surface area contributed by atoms with Crippen LogP contribution < -0.4 is 10.1 Å². The molecule has 2 fully saturated rings. The van der Waals surface area contributed by atoms with Crippen molar-refractivity contribution in [3.63, 3.8) is 0 Å². The second-order valence-electron chi connectivity index (χ2n) is 11.9. The number of carbonyl (C=O) groups is 1. The highest BCUT2D eigenvalue weighted by Crippen LogP contribution is 2.36. The SMILES string of the molecule is COc1ccc2nc(-c3cccc(C(F)(F)F)c3)c(CN3CCC(N4CCCCC4)CC3)c(C(=O)NCc3ccccc3)c2n1. The molecule has 4 heterocycles. The minimum absolute atomic E-state index is 0.285. The average molecular weight is 618 g/mol. The fourth-order valence-corrected chi connectivity index (χ4v) is 6.57. The molecule has 6 rings (SSSR count). The van der Waals surface area contributed by atoms with Crippen LogP contribution in [0.2, 0.25) is 0 Å². The number of amides is 1. The van der Waals surface area contributed by atoms with Crippen molar-refractivity contribution in [1.29, 1.82) is 0 Å². The van der Waals surface area contributed by atoms with Crippen LogP contribution in [0.3, 0.4) is 0 Å². The highest BCUT2D eigenvalue weighted by Gasteiger charge is 2.32. The summed E-state index contributed by atoms with van der Waals surface area (Å²) in [5.41, 5.74) is 2.44. The fourth-order valence-electron chi connectivity index (χ4n) is 6.57. The predicted molar refractivity (Wildman–Crippen MR) is 168 cm³/mol. The number of alkyl halides is 3. The maximum absolute atomic E-state index is 14.1. The Balaban J connectivity index is 1.43. The monoisotopic (exact) mass is 617 g/mol. The molecule has 0 aliphatic carbocycles. The van der Waals surface area contributed by atoms with Crippen molar-refractivity contribution in [1.82, 2.24) is 25.1 Å². The number of likely N-dealkylation sites (tertiary alicyclic amines) is 2. The Labute approximate surface area is 261 Å². The smallest absolute Gasteiger partial charge is 0.416 e. The number of hydrogen-bond acceptors (Lipinski definition) is 6. The van der Waals surface area contributed by atoms with Crippen LogP contribution in [-0.4, -0.2) is 65.0 Å². The first-order valence-corrected chi connectivity index (χ1v) is 15.6. The standard InChI is InChI=1S/C35H38F3N5O2/c1-45-30-14-13-29-33(41-30)31(34(44)39-22-24-9-4-2-5-10-24)28(32(40-29)25-11-8-12-26(21-25)35(36,37)38)23-42-19-15-27(16-20-42)43-17-6-3-7-18-43/h2,4-5,8-14,21,27H,3,6-7,15-20,22-23H2,1H3,(H,39,44). The second kappa shape index (κ2) is 13.5. The van der Waals surface area contributed by atoms with Crippen LogP contribution >= 0.6 is 0 Å². The van der Waals surface area contributed by atoms with Crippen LogP contribution in [0.1, 0.15) is 59.2 Å². The zero-order valence-electron chi connectivity index (χ0n) is 25.4. The Kier molecular flexibility index (Phi) is 9.32. The summed E-state index contributed by atoms with van der Waals surface area (Å²) in [6, 6.07) is 18.6. The molecule has 2 aromatic heterocycles. The molecule has 4 aromatic rings. The lowest BCUT2D eigenvalue weighted by atomic mass is 9.95. The highest BCUT2D eigenvalue weighted by atomic mass is 19.4. The molecule has 0 spiro atoms. The quantitative estimate of drug-likeness (QED) is 0.237. The minimum atomic E-state index is -4.52. The number of piperidine rings is 2. The van der Waals surface area contributed by atoms with Crippen molar-refractivity contribution in [2.24, 2.45) is 0 Å². The van der Waals surface area contributed by atoms with E-state index in [0.29, 0.717) is 51.9 Å². The number of nitrogens with zero attached hydrogens (tertiary/aromatic N) is 4. The Bertz CT molecular complexity index is 1630. The molecule has 1 amide bonds. The van der Waals surface area contributed by atoms with Crippen LogP contribution in [0.4, 0.5) is 13.2 Å². The van der Waals surface area contributed by atoms with Crippen molar-refractivity contribution < 1.29 is 22.7 Å². The number of benzene rings is 2. The normalized spacial score (nSPS) is 17.0. The zero-order valence-corrected chi connectivity index (χ0v) is 25.4. The van der Waals surface area contributed by atoms with E-state index in [-0.39, 0.29) is 12.5 Å². The molecule has 0 saturated carbocycles. The van der Waals surface area contributed by atoms with Gasteiger partial charge < -0.3 is 15.0 Å². The molecular weight excluding hydrogens is 579 g/mol. The molecule has 45 heavy (non-hydrogen) atoms. The van der Waals surface area contributed by atoms with E-state index in [1.807, 2.05) is 30.3 Å². The first-order chi connectivity index (χ1) is 21.8. The van der Waals surface area contributed by atoms with Gasteiger partial charge in [-0.3, -0.25) is 9.69 Å². The molecular formula is C35H38F3N5O2. The largest absolute Gasteiger partial charge is 0.481 e. The molecule has 0 atom stereocenters. The van der Waals surface area contributed by atoms with E-state index in [9.17, 15) is 18.0 Å². The van der Waals surface area contributed by atoms with Gasteiger partial charge in [-0.2, -0.15) is 13.2 Å². The van der Waals surface area contributed by atoms with Crippen LogP contribution in [-0.2, 0) is 19.3 Å². The summed E-state index contributed by atoms with van der Waals surface area (Å²) in [6.45, 7) is 4.55. The molecule has 1 N–H and O–H groups in total. The van der Waals surface area contributed by atoms with Gasteiger partial charge in [0.2, 0.25) is 5.88 Å². The fraction of sp³-hybridized carbons (Fsp3) is 0.400. The number of fused-ring (bicyclic) bond motifs is 1. The highest BCUT2D eigenvalue weighted by molar-refractivity contribution is 6.07. The summed E-state index contributed by atoms with van der Waals surface area (Å²) in [5, 5.41) is 3.03. The second-order valence-corrected chi connectivity index (χ2v) is 11.9. The van der Waals surface area contributed by atoms with Crippen molar-refractivity contribution >= 4 is 16.9 Å². The number of aromatic nitrogens is 2. The van der Waals surface area contributed by atoms with Gasteiger partial charge >= 0.3 is 6.18 Å². The molecule has 2 aliphatic heterocycles. The number of ether oxygens (including phenoxy) is 1. The lowest BCUT2D eigenvalue weighted by molar-refractivity contribution is -0.137. The van der Waals surface area contributed by atoms with Crippen LogP contribution in [0, 0.1) is 0 Å². The molecule has 2 aromatic carbocycles. The van der Waals surface area contributed by atoms with Gasteiger partial charge in [-0.05, 0) is 75.6 Å². The zero-order chi connectivity index (χ0) is 31.4. The summed E-state index contributed by atoms with van der Waals surface area (Å²) < 4.78 is 46.9. The summed E-state index contributed by atoms with van der Waals surface area (Å²) in [6.07, 6.45) is 1.25. The van der Waals surface area contributed by atoms with E-state index < -0.39 is 11.7 Å². The Morgan fingerprint density at radius 1 is 0.933 bits per heavy atom. The van der Waals surface area contributed by atoms with Gasteiger partial charge in [0.05, 0.1) is 29.4 Å². The third-order valence-electron chi connectivity index (χ3n) is 8.95. The molecule has 0 unspecified atom stereocenters. The Morgan fingerprint density at radius 2 is 1.69 bits per heavy atom. The summed E-state index contributed by atoms with van der Waals surface area (Å²) >= 11 is 0. The minimum Gasteiger partial charge on any atom is -0.481 e. The first kappa shape index (κ1) is 31.0. The Morgan fingerprint density at radius 3 is 2.40 bits per heavy atom. The van der Waals surface area contributed by atoms with Crippen LogP contribution in [0.25, 0.3) is 22.3 Å². The molecule has 0 radical (unpaired) electrons. The lowest BCUT2D eigenvalue weighted by Gasteiger charge is -2.40. The number of hydrogen-bond donors (Lipinski definition) is 1. The number of methoxy groups -OCH3 is 1. The van der Waals surface area contributed by atoms with Crippen molar-refractivity contribution in [3.05, 3.63) is 89.0 Å². The molecule has 2 aliphatic rings. The topological polar surface area (TPSA) is 70.6 Å². The molecule has 7 nitrogen and oxygen atoms in total. The molecule has 236 valence electrons. The van der Waals surface area contributed by atoms with Crippen LogP contribution in [0.15, 0.2) is 66.7 Å². The summed E-state index contributed by atoms with van der Waals surface area (Å²) in [4.78, 5) is 28.5. The van der Waals surface area contributed by atoms with E-state index in [4.69, 9.17) is 9.72 Å². The molecule has 0 bridgehead atoms. The van der Waals surface area contributed by atoms with E-state index in [0.717, 1.165) is 56.7 Å². The number of pyridine rings is 2. The third kappa shape index (κ3) is 7.12. The van der Waals surface area contributed by atoms with Gasteiger partial charge in [0.15, 0.2) is 0 Å².